The molecule has 7 nitrogen and oxygen atoms in total. The Bertz CT molecular complexity index is 1030. The lowest BCUT2D eigenvalue weighted by Gasteiger charge is -2.22. The van der Waals surface area contributed by atoms with Crippen LogP contribution in [0, 0.1) is 6.92 Å². The van der Waals surface area contributed by atoms with Crippen LogP contribution in [-0.2, 0) is 0 Å². The number of hydrogen-bond acceptors (Lipinski definition) is 6. The Hall–Kier alpha value is -2.87. The Kier molecular flexibility index (Phi) is 5.04. The molecule has 2 aromatic carbocycles. The monoisotopic (exact) mass is 443 g/mol. The molecular formula is C20H18BrN3O4. The number of halogens is 1. The van der Waals surface area contributed by atoms with Gasteiger partial charge in [0.25, 0.3) is 5.91 Å². The van der Waals surface area contributed by atoms with Gasteiger partial charge in [0, 0.05) is 22.5 Å². The first-order chi connectivity index (χ1) is 13.5. The molecule has 1 unspecified atom stereocenters. The molecule has 1 aliphatic rings. The number of ether oxygens (including phenoxy) is 2. The fraction of sp³-hybridized carbons (Fsp3) is 0.250. The molecule has 1 N–H and O–H groups in total. The molecule has 0 bridgehead atoms. The van der Waals surface area contributed by atoms with Gasteiger partial charge in [-0.1, -0.05) is 33.2 Å². The summed E-state index contributed by atoms with van der Waals surface area (Å²) in [5.74, 6) is 2.11. The van der Waals surface area contributed by atoms with Crippen molar-refractivity contribution in [2.24, 2.45) is 0 Å². The molecule has 0 saturated heterocycles. The molecule has 28 heavy (non-hydrogen) atoms. The summed E-state index contributed by atoms with van der Waals surface area (Å²) in [5.41, 5.74) is 2.14. The second kappa shape index (κ2) is 7.63. The quantitative estimate of drug-likeness (QED) is 0.653. The third-order valence-corrected chi connectivity index (χ3v) is 5.07. The van der Waals surface area contributed by atoms with Crippen LogP contribution in [0.1, 0.15) is 34.8 Å². The van der Waals surface area contributed by atoms with Crippen LogP contribution in [0.25, 0.3) is 11.4 Å². The van der Waals surface area contributed by atoms with Crippen LogP contribution in [0.15, 0.2) is 45.4 Å². The lowest BCUT2D eigenvalue weighted by Crippen LogP contribution is -2.27. The van der Waals surface area contributed by atoms with Gasteiger partial charge < -0.3 is 19.3 Å². The SMILES string of the molecule is Cc1nc(-c2cccc(C(=O)NC(C)c3cc4c(cc3Br)OCCO4)c2)no1. The van der Waals surface area contributed by atoms with Crippen LogP contribution in [-0.4, -0.2) is 29.3 Å². The van der Waals surface area contributed by atoms with Crippen molar-refractivity contribution >= 4 is 21.8 Å². The van der Waals surface area contributed by atoms with Gasteiger partial charge in [-0.25, -0.2) is 0 Å². The van der Waals surface area contributed by atoms with Gasteiger partial charge in [0.15, 0.2) is 11.5 Å². The van der Waals surface area contributed by atoms with Crippen molar-refractivity contribution in [3.63, 3.8) is 0 Å². The second-order valence-corrected chi connectivity index (χ2v) is 7.28. The zero-order valence-electron chi connectivity index (χ0n) is 15.4. The zero-order valence-corrected chi connectivity index (χ0v) is 16.9. The van der Waals surface area contributed by atoms with E-state index < -0.39 is 0 Å². The van der Waals surface area contributed by atoms with Crippen LogP contribution in [0.4, 0.5) is 0 Å². The summed E-state index contributed by atoms with van der Waals surface area (Å²) in [6, 6.07) is 10.6. The van der Waals surface area contributed by atoms with Gasteiger partial charge in [0.2, 0.25) is 11.7 Å². The average Bonchev–Trinajstić information content (AvgIpc) is 3.14. The van der Waals surface area contributed by atoms with Crippen LogP contribution < -0.4 is 14.8 Å². The molecule has 1 amide bonds. The van der Waals surface area contributed by atoms with E-state index in [9.17, 15) is 4.79 Å². The first-order valence-electron chi connectivity index (χ1n) is 8.82. The van der Waals surface area contributed by atoms with E-state index in [0.717, 1.165) is 15.6 Å². The minimum Gasteiger partial charge on any atom is -0.486 e. The molecule has 0 radical (unpaired) electrons. The highest BCUT2D eigenvalue weighted by molar-refractivity contribution is 9.10. The minimum atomic E-state index is -0.242. The normalized spacial score (nSPS) is 13.8. The fourth-order valence-corrected chi connectivity index (χ4v) is 3.65. The van der Waals surface area contributed by atoms with Gasteiger partial charge in [0.1, 0.15) is 13.2 Å². The molecule has 1 atom stereocenters. The Balaban J connectivity index is 1.54. The lowest BCUT2D eigenvalue weighted by molar-refractivity contribution is 0.0939. The van der Waals surface area contributed by atoms with Gasteiger partial charge in [-0.2, -0.15) is 4.98 Å². The van der Waals surface area contributed by atoms with E-state index in [1.165, 1.54) is 0 Å². The van der Waals surface area contributed by atoms with Crippen molar-refractivity contribution in [1.82, 2.24) is 15.5 Å². The molecule has 1 aliphatic heterocycles. The number of rotatable bonds is 4. The molecule has 0 aliphatic carbocycles. The number of benzene rings is 2. The summed E-state index contributed by atoms with van der Waals surface area (Å²) in [5, 5.41) is 6.91. The van der Waals surface area contributed by atoms with Crippen LogP contribution in [0.5, 0.6) is 11.5 Å². The molecular weight excluding hydrogens is 426 g/mol. The number of hydrogen-bond donors (Lipinski definition) is 1. The van der Waals surface area contributed by atoms with Gasteiger partial charge in [-0.15, -0.1) is 0 Å². The summed E-state index contributed by atoms with van der Waals surface area (Å²) in [6.07, 6.45) is 0. The largest absolute Gasteiger partial charge is 0.486 e. The number of aryl methyl sites for hydroxylation is 1. The molecule has 8 heteroatoms. The van der Waals surface area contributed by atoms with Gasteiger partial charge in [0.05, 0.1) is 6.04 Å². The Morgan fingerprint density at radius 2 is 1.93 bits per heavy atom. The Labute approximate surface area is 170 Å². The number of fused-ring (bicyclic) bond motifs is 1. The predicted molar refractivity (Wildman–Crippen MR) is 105 cm³/mol. The third kappa shape index (κ3) is 3.73. The molecule has 1 aromatic heterocycles. The van der Waals surface area contributed by atoms with Crippen molar-refractivity contribution in [3.8, 4) is 22.9 Å². The molecule has 3 aromatic rings. The van der Waals surface area contributed by atoms with E-state index in [1.54, 1.807) is 25.1 Å². The lowest BCUT2D eigenvalue weighted by atomic mass is 10.1. The van der Waals surface area contributed by atoms with Crippen LogP contribution in [0.2, 0.25) is 0 Å². The maximum Gasteiger partial charge on any atom is 0.251 e. The predicted octanol–water partition coefficient (Wildman–Crippen LogP) is 4.07. The van der Waals surface area contributed by atoms with Crippen molar-refractivity contribution < 1.29 is 18.8 Å². The summed E-state index contributed by atoms with van der Waals surface area (Å²) < 4.78 is 17.1. The Morgan fingerprint density at radius 3 is 2.64 bits per heavy atom. The number of carbonyl (C=O) groups excluding carboxylic acids is 1. The van der Waals surface area contributed by atoms with Crippen molar-refractivity contribution in [1.29, 1.82) is 0 Å². The van der Waals surface area contributed by atoms with Crippen LogP contribution in [0.3, 0.4) is 0 Å². The third-order valence-electron chi connectivity index (χ3n) is 4.39. The summed E-state index contributed by atoms with van der Waals surface area (Å²) >= 11 is 3.55. The van der Waals surface area contributed by atoms with Gasteiger partial charge in [-0.05, 0) is 36.8 Å². The number of nitrogens with zero attached hydrogens (tertiary/aromatic N) is 2. The van der Waals surface area contributed by atoms with Crippen molar-refractivity contribution in [2.45, 2.75) is 19.9 Å². The number of aromatic nitrogens is 2. The van der Waals surface area contributed by atoms with Crippen molar-refractivity contribution in [3.05, 3.63) is 57.9 Å². The zero-order chi connectivity index (χ0) is 19.7. The number of carbonyl (C=O) groups is 1. The average molecular weight is 444 g/mol. The van der Waals surface area contributed by atoms with E-state index in [1.807, 2.05) is 25.1 Å². The topological polar surface area (TPSA) is 86.5 Å². The maximum absolute atomic E-state index is 12.8. The minimum absolute atomic E-state index is 0.198. The van der Waals surface area contributed by atoms with Crippen LogP contribution >= 0.6 is 15.9 Å². The smallest absolute Gasteiger partial charge is 0.251 e. The Morgan fingerprint density at radius 1 is 1.18 bits per heavy atom. The van der Waals surface area contributed by atoms with E-state index in [4.69, 9.17) is 14.0 Å². The summed E-state index contributed by atoms with van der Waals surface area (Å²) in [4.78, 5) is 17.0. The van der Waals surface area contributed by atoms with Crippen molar-refractivity contribution in [2.75, 3.05) is 13.2 Å². The second-order valence-electron chi connectivity index (χ2n) is 6.43. The van der Waals surface area contributed by atoms with E-state index >= 15 is 0 Å². The molecule has 0 fully saturated rings. The van der Waals surface area contributed by atoms with Gasteiger partial charge >= 0.3 is 0 Å². The highest BCUT2D eigenvalue weighted by Crippen LogP contribution is 2.37. The summed E-state index contributed by atoms with van der Waals surface area (Å²) in [7, 11) is 0. The molecule has 0 saturated carbocycles. The highest BCUT2D eigenvalue weighted by Gasteiger charge is 2.20. The number of amides is 1. The first kappa shape index (κ1) is 18.5. The first-order valence-corrected chi connectivity index (χ1v) is 9.61. The molecule has 144 valence electrons. The molecule has 2 heterocycles. The van der Waals surface area contributed by atoms with E-state index in [-0.39, 0.29) is 11.9 Å². The molecule has 0 spiro atoms. The summed E-state index contributed by atoms with van der Waals surface area (Å²) in [6.45, 7) is 4.68. The standard InChI is InChI=1S/C20H18BrN3O4/c1-11(15-9-17-18(10-16(15)21)27-7-6-26-17)22-20(25)14-5-3-4-13(8-14)19-23-12(2)28-24-19/h3-5,8-11H,6-7H2,1-2H3,(H,22,25). The highest BCUT2D eigenvalue weighted by atomic mass is 79.9. The maximum atomic E-state index is 12.8. The van der Waals surface area contributed by atoms with E-state index in [2.05, 4.69) is 31.4 Å². The number of nitrogens with one attached hydrogen (secondary N) is 1. The molecule has 4 rings (SSSR count). The van der Waals surface area contributed by atoms with E-state index in [0.29, 0.717) is 42.0 Å². The van der Waals surface area contributed by atoms with Gasteiger partial charge in [-0.3, -0.25) is 4.79 Å². The fourth-order valence-electron chi connectivity index (χ4n) is 2.99.